The lowest BCUT2D eigenvalue weighted by Gasteiger charge is -2.46. The van der Waals surface area contributed by atoms with Crippen molar-refractivity contribution in [1.82, 2.24) is 9.47 Å². The summed E-state index contributed by atoms with van der Waals surface area (Å²) in [5.74, 6) is 0.0333. The molecule has 1 N–H and O–H groups in total. The van der Waals surface area contributed by atoms with Gasteiger partial charge in [-0.05, 0) is 61.4 Å². The van der Waals surface area contributed by atoms with Crippen molar-refractivity contribution < 1.29 is 4.79 Å². The highest BCUT2D eigenvalue weighted by Gasteiger charge is 2.42. The smallest absolute Gasteiger partial charge is 0.253 e. The van der Waals surface area contributed by atoms with E-state index in [9.17, 15) is 4.79 Å². The largest absolute Gasteiger partial charge is 0.372 e. The first-order chi connectivity index (χ1) is 13.7. The lowest BCUT2D eigenvalue weighted by molar-refractivity contribution is 0.0676. The van der Waals surface area contributed by atoms with Gasteiger partial charge in [0.2, 0.25) is 0 Å². The van der Waals surface area contributed by atoms with E-state index >= 15 is 0 Å². The van der Waals surface area contributed by atoms with Crippen LogP contribution in [0.3, 0.4) is 0 Å². The number of carbonyl (C=O) groups excluding carboxylic acids is 1. The van der Waals surface area contributed by atoms with Crippen molar-refractivity contribution in [3.63, 3.8) is 0 Å². The second-order valence-electron chi connectivity index (χ2n) is 7.47. The van der Waals surface area contributed by atoms with Crippen molar-refractivity contribution in [2.45, 2.75) is 18.4 Å². The van der Waals surface area contributed by atoms with Gasteiger partial charge < -0.3 is 14.8 Å². The highest BCUT2D eigenvalue weighted by molar-refractivity contribution is 5.94. The highest BCUT2D eigenvalue weighted by atomic mass is 16.2. The van der Waals surface area contributed by atoms with Gasteiger partial charge in [-0.1, -0.05) is 12.1 Å². The van der Waals surface area contributed by atoms with Gasteiger partial charge in [-0.25, -0.2) is 0 Å². The molecule has 1 spiro atoms. The molecule has 5 nitrogen and oxygen atoms in total. The Morgan fingerprint density at radius 2 is 1.75 bits per heavy atom. The van der Waals surface area contributed by atoms with Crippen LogP contribution >= 0.6 is 0 Å². The SMILES string of the molecule is N#Cc1ccc(C(=O)N2CCC3(CC2)Nc2ccccc2-n2cccc23)cc1. The molecule has 2 aromatic carbocycles. The summed E-state index contributed by atoms with van der Waals surface area (Å²) in [5, 5.41) is 12.7. The third kappa shape index (κ3) is 2.49. The Bertz CT molecular complexity index is 1080. The zero-order valence-corrected chi connectivity index (χ0v) is 15.4. The molecule has 1 fully saturated rings. The summed E-state index contributed by atoms with van der Waals surface area (Å²) in [4.78, 5) is 14.8. The average molecular weight is 368 g/mol. The van der Waals surface area contributed by atoms with E-state index in [1.807, 2.05) is 4.90 Å². The van der Waals surface area contributed by atoms with Crippen molar-refractivity contribution in [1.29, 1.82) is 5.26 Å². The molecule has 1 amide bonds. The zero-order chi connectivity index (χ0) is 19.1. The predicted octanol–water partition coefficient (Wildman–Crippen LogP) is 3.91. The Morgan fingerprint density at radius 1 is 1.00 bits per heavy atom. The van der Waals surface area contributed by atoms with E-state index < -0.39 is 0 Å². The molecule has 0 unspecified atom stereocenters. The minimum atomic E-state index is -0.153. The van der Waals surface area contributed by atoms with Crippen LogP contribution < -0.4 is 5.32 Å². The molecule has 3 heterocycles. The van der Waals surface area contributed by atoms with Gasteiger partial charge in [0, 0.05) is 30.5 Å². The molecular weight excluding hydrogens is 348 g/mol. The number of carbonyl (C=O) groups is 1. The molecule has 0 saturated carbocycles. The number of likely N-dealkylation sites (tertiary alicyclic amines) is 1. The first kappa shape index (κ1) is 16.6. The lowest BCUT2D eigenvalue weighted by Crippen LogP contribution is -2.51. The Labute approximate surface area is 163 Å². The predicted molar refractivity (Wildman–Crippen MR) is 107 cm³/mol. The van der Waals surface area contributed by atoms with Crippen LogP contribution in [-0.4, -0.2) is 28.5 Å². The summed E-state index contributed by atoms with van der Waals surface area (Å²) in [6, 6.07) is 21.6. The lowest BCUT2D eigenvalue weighted by atomic mass is 9.82. The third-order valence-corrected chi connectivity index (χ3v) is 5.94. The van der Waals surface area contributed by atoms with E-state index in [0.29, 0.717) is 24.2 Å². The van der Waals surface area contributed by atoms with Gasteiger partial charge in [-0.3, -0.25) is 4.79 Å². The number of benzene rings is 2. The van der Waals surface area contributed by atoms with Crippen molar-refractivity contribution >= 4 is 11.6 Å². The summed E-state index contributed by atoms with van der Waals surface area (Å²) in [7, 11) is 0. The number of rotatable bonds is 1. The second-order valence-corrected chi connectivity index (χ2v) is 7.47. The number of nitrogens with zero attached hydrogens (tertiary/aromatic N) is 3. The number of amides is 1. The molecule has 0 radical (unpaired) electrons. The quantitative estimate of drug-likeness (QED) is 0.708. The highest BCUT2D eigenvalue weighted by Crippen LogP contribution is 2.43. The van der Waals surface area contributed by atoms with Crippen molar-refractivity contribution in [2.24, 2.45) is 0 Å². The first-order valence-electron chi connectivity index (χ1n) is 9.55. The molecule has 0 atom stereocenters. The maximum atomic E-state index is 12.9. The third-order valence-electron chi connectivity index (χ3n) is 5.94. The molecule has 3 aromatic rings. The molecule has 2 aliphatic rings. The minimum absolute atomic E-state index is 0.0333. The number of aromatic nitrogens is 1. The number of nitriles is 1. The van der Waals surface area contributed by atoms with Crippen LogP contribution in [0.4, 0.5) is 5.69 Å². The van der Waals surface area contributed by atoms with Gasteiger partial charge in [0.25, 0.3) is 5.91 Å². The van der Waals surface area contributed by atoms with Crippen LogP contribution in [0, 0.1) is 11.3 Å². The van der Waals surface area contributed by atoms with Crippen LogP contribution in [0.15, 0.2) is 66.9 Å². The Hall–Kier alpha value is -3.52. The molecule has 5 heteroatoms. The van der Waals surface area contributed by atoms with Crippen LogP contribution in [0.5, 0.6) is 0 Å². The van der Waals surface area contributed by atoms with Gasteiger partial charge in [0.1, 0.15) is 0 Å². The summed E-state index contributed by atoms with van der Waals surface area (Å²) < 4.78 is 2.27. The molecule has 1 aromatic heterocycles. The summed E-state index contributed by atoms with van der Waals surface area (Å²) in [6.07, 6.45) is 3.83. The molecule has 5 rings (SSSR count). The fourth-order valence-corrected chi connectivity index (χ4v) is 4.43. The Morgan fingerprint density at radius 3 is 2.50 bits per heavy atom. The average Bonchev–Trinajstić information content (AvgIpc) is 3.25. The number of hydrogen-bond acceptors (Lipinski definition) is 3. The summed E-state index contributed by atoms with van der Waals surface area (Å²) in [6.45, 7) is 1.39. The standard InChI is InChI=1S/C23H20N4O/c24-16-17-7-9-18(10-8-17)22(28)26-14-11-23(12-15-26)21-6-3-13-27(21)20-5-2-1-4-19(20)25-23/h1-10,13,25H,11-12,14-15H2. The molecule has 2 aliphatic heterocycles. The van der Waals surface area contributed by atoms with Crippen molar-refractivity contribution in [3.8, 4) is 11.8 Å². The van der Waals surface area contributed by atoms with E-state index in [-0.39, 0.29) is 11.4 Å². The van der Waals surface area contributed by atoms with E-state index in [0.717, 1.165) is 18.5 Å². The summed E-state index contributed by atoms with van der Waals surface area (Å²) in [5.41, 5.74) is 4.62. The maximum Gasteiger partial charge on any atom is 0.253 e. The molecule has 28 heavy (non-hydrogen) atoms. The number of fused-ring (bicyclic) bond motifs is 4. The number of piperidine rings is 1. The van der Waals surface area contributed by atoms with Gasteiger partial charge in [0.15, 0.2) is 0 Å². The molecule has 0 bridgehead atoms. The normalized spacial score (nSPS) is 16.6. The van der Waals surface area contributed by atoms with E-state index in [4.69, 9.17) is 5.26 Å². The van der Waals surface area contributed by atoms with Crippen molar-refractivity contribution in [2.75, 3.05) is 18.4 Å². The Balaban J connectivity index is 1.39. The molecular formula is C23H20N4O. The van der Waals surface area contributed by atoms with Crippen LogP contribution in [0.1, 0.15) is 34.5 Å². The molecule has 0 aliphatic carbocycles. The number of anilines is 1. The van der Waals surface area contributed by atoms with Crippen LogP contribution in [-0.2, 0) is 5.54 Å². The Kier molecular flexibility index (Phi) is 3.73. The van der Waals surface area contributed by atoms with Gasteiger partial charge in [0.05, 0.1) is 28.5 Å². The number of para-hydroxylation sites is 2. The van der Waals surface area contributed by atoms with Crippen LogP contribution in [0.2, 0.25) is 0 Å². The van der Waals surface area contributed by atoms with E-state index in [2.05, 4.69) is 58.5 Å². The number of nitrogens with one attached hydrogen (secondary N) is 1. The second kappa shape index (κ2) is 6.28. The fourth-order valence-electron chi connectivity index (χ4n) is 4.43. The first-order valence-corrected chi connectivity index (χ1v) is 9.55. The molecule has 138 valence electrons. The number of hydrogen-bond donors (Lipinski definition) is 1. The molecule has 1 saturated heterocycles. The van der Waals surface area contributed by atoms with E-state index in [1.165, 1.54) is 11.4 Å². The zero-order valence-electron chi connectivity index (χ0n) is 15.4. The monoisotopic (exact) mass is 368 g/mol. The topological polar surface area (TPSA) is 61.1 Å². The maximum absolute atomic E-state index is 12.9. The fraction of sp³-hybridized carbons (Fsp3) is 0.217. The summed E-state index contributed by atoms with van der Waals surface area (Å²) >= 11 is 0. The van der Waals surface area contributed by atoms with E-state index in [1.54, 1.807) is 24.3 Å². The van der Waals surface area contributed by atoms with Gasteiger partial charge >= 0.3 is 0 Å². The minimum Gasteiger partial charge on any atom is -0.372 e. The van der Waals surface area contributed by atoms with Crippen LogP contribution in [0.25, 0.3) is 5.69 Å². The van der Waals surface area contributed by atoms with Gasteiger partial charge in [-0.15, -0.1) is 0 Å². The van der Waals surface area contributed by atoms with Gasteiger partial charge in [-0.2, -0.15) is 5.26 Å². The van der Waals surface area contributed by atoms with Crippen molar-refractivity contribution in [3.05, 3.63) is 83.7 Å².